The third-order valence-corrected chi connectivity index (χ3v) is 4.19. The Hall–Kier alpha value is -3.23. The first-order valence-electron chi connectivity index (χ1n) is 7.82. The second-order valence-corrected chi connectivity index (χ2v) is 6.07. The van der Waals surface area contributed by atoms with E-state index in [4.69, 9.17) is 0 Å². The summed E-state index contributed by atoms with van der Waals surface area (Å²) in [7, 11) is 0. The summed E-state index contributed by atoms with van der Waals surface area (Å²) in [6.07, 6.45) is 1.34. The summed E-state index contributed by atoms with van der Waals surface area (Å²) in [4.78, 5) is 37.2. The maximum Gasteiger partial charge on any atom is 0.322 e. The molecule has 0 radical (unpaired) electrons. The van der Waals surface area contributed by atoms with E-state index in [1.165, 1.54) is 11.0 Å². The summed E-state index contributed by atoms with van der Waals surface area (Å²) in [5.74, 6) is -1.14. The minimum atomic E-state index is -1.18. The molecule has 25 heavy (non-hydrogen) atoms. The minimum absolute atomic E-state index is 0.0424. The van der Waals surface area contributed by atoms with Crippen LogP contribution in [0.1, 0.15) is 24.3 Å². The molecule has 1 aromatic carbocycles. The molecule has 1 aliphatic heterocycles. The van der Waals surface area contributed by atoms with E-state index in [0.717, 1.165) is 5.69 Å². The fraction of sp³-hybridized carbons (Fsp3) is 0.312. The van der Waals surface area contributed by atoms with E-state index >= 15 is 0 Å². The summed E-state index contributed by atoms with van der Waals surface area (Å²) in [6, 6.07) is 8.61. The topological polar surface area (TPSA) is 118 Å². The fourth-order valence-corrected chi connectivity index (χ4v) is 2.60. The van der Waals surface area contributed by atoms with Crippen molar-refractivity contribution in [2.45, 2.75) is 19.4 Å². The van der Waals surface area contributed by atoms with Crippen LogP contribution in [0.3, 0.4) is 0 Å². The molecule has 0 spiro atoms. The average molecular weight is 342 g/mol. The maximum absolute atomic E-state index is 12.3. The quantitative estimate of drug-likeness (QED) is 0.672. The number of nitrogens with zero attached hydrogens (tertiary/aromatic N) is 3. The molecule has 3 rings (SSSR count). The summed E-state index contributed by atoms with van der Waals surface area (Å²) < 4.78 is 0. The van der Waals surface area contributed by atoms with Crippen molar-refractivity contribution in [2.24, 2.45) is 5.92 Å². The summed E-state index contributed by atoms with van der Waals surface area (Å²) in [6.45, 7) is 3.55. The molecule has 0 aliphatic carbocycles. The van der Waals surface area contributed by atoms with Gasteiger partial charge in [0.1, 0.15) is 5.54 Å². The number of benzene rings is 1. The number of rotatable bonds is 5. The molecule has 9 nitrogen and oxygen atoms in total. The lowest BCUT2D eigenvalue weighted by Crippen LogP contribution is -2.58. The van der Waals surface area contributed by atoms with Gasteiger partial charge in [0.05, 0.1) is 18.4 Å². The molecule has 1 aliphatic rings. The zero-order valence-corrected chi connectivity index (χ0v) is 13.8. The van der Waals surface area contributed by atoms with Crippen molar-refractivity contribution >= 4 is 17.8 Å². The highest BCUT2D eigenvalue weighted by molar-refractivity contribution is 6.07. The van der Waals surface area contributed by atoms with Gasteiger partial charge in [-0.3, -0.25) is 14.9 Å². The van der Waals surface area contributed by atoms with Crippen LogP contribution in [0, 0.1) is 5.92 Å². The number of hydrogen-bond donors (Lipinski definition) is 3. The molecule has 2 heterocycles. The summed E-state index contributed by atoms with van der Waals surface area (Å²) in [5, 5.41) is 15.6. The van der Waals surface area contributed by atoms with Gasteiger partial charge >= 0.3 is 6.03 Å². The van der Waals surface area contributed by atoms with Gasteiger partial charge in [-0.2, -0.15) is 9.90 Å². The van der Waals surface area contributed by atoms with Crippen LogP contribution in [0.15, 0.2) is 36.5 Å². The van der Waals surface area contributed by atoms with Gasteiger partial charge in [-0.15, -0.1) is 5.10 Å². The van der Waals surface area contributed by atoms with E-state index in [1.54, 1.807) is 13.8 Å². The second-order valence-electron chi connectivity index (χ2n) is 6.07. The molecule has 0 bridgehead atoms. The predicted octanol–water partition coefficient (Wildman–Crippen LogP) is 0.231. The Balaban J connectivity index is 1.72. The largest absolute Gasteiger partial charge is 0.348 e. The predicted molar refractivity (Wildman–Crippen MR) is 87.9 cm³/mol. The molecular weight excluding hydrogens is 324 g/mol. The van der Waals surface area contributed by atoms with Crippen LogP contribution < -0.4 is 16.0 Å². The molecule has 0 saturated carbocycles. The van der Waals surface area contributed by atoms with E-state index in [-0.39, 0.29) is 18.2 Å². The molecule has 3 N–H and O–H groups in total. The Labute approximate surface area is 143 Å². The van der Waals surface area contributed by atoms with E-state index in [0.29, 0.717) is 0 Å². The lowest BCUT2D eigenvalue weighted by molar-refractivity contribution is -0.125. The van der Waals surface area contributed by atoms with Crippen molar-refractivity contribution in [1.82, 2.24) is 30.9 Å². The van der Waals surface area contributed by atoms with Crippen molar-refractivity contribution in [3.05, 3.63) is 42.2 Å². The Morgan fingerprint density at radius 1 is 1.28 bits per heavy atom. The fourth-order valence-electron chi connectivity index (χ4n) is 2.60. The number of carbonyl (C=O) groups excluding carboxylic acids is 3. The summed E-state index contributed by atoms with van der Waals surface area (Å²) >= 11 is 0. The zero-order chi connectivity index (χ0) is 18.0. The highest BCUT2D eigenvalue weighted by atomic mass is 16.2. The van der Waals surface area contributed by atoms with Gasteiger partial charge in [0.15, 0.2) is 5.69 Å². The lowest BCUT2D eigenvalue weighted by atomic mass is 9.86. The van der Waals surface area contributed by atoms with Gasteiger partial charge in [-0.1, -0.05) is 32.0 Å². The number of nitrogens with one attached hydrogen (secondary N) is 3. The van der Waals surface area contributed by atoms with Crippen LogP contribution >= 0.6 is 0 Å². The number of aromatic nitrogens is 3. The number of urea groups is 1. The normalized spacial score (nSPS) is 19.6. The second kappa shape index (κ2) is 6.34. The third-order valence-electron chi connectivity index (χ3n) is 4.19. The summed E-state index contributed by atoms with van der Waals surface area (Å²) in [5.41, 5.74) is -0.336. The highest BCUT2D eigenvalue weighted by Crippen LogP contribution is 2.20. The van der Waals surface area contributed by atoms with E-state index in [9.17, 15) is 14.4 Å². The minimum Gasteiger partial charge on any atom is -0.348 e. The average Bonchev–Trinajstić information content (AvgIpc) is 3.19. The smallest absolute Gasteiger partial charge is 0.322 e. The lowest BCUT2D eigenvalue weighted by Gasteiger charge is -2.30. The molecular formula is C16H18N6O3. The van der Waals surface area contributed by atoms with Crippen LogP contribution in [0.2, 0.25) is 0 Å². The number of amides is 4. The number of hydrogen-bond acceptors (Lipinski definition) is 5. The Morgan fingerprint density at radius 3 is 2.60 bits per heavy atom. The Morgan fingerprint density at radius 2 is 2.00 bits per heavy atom. The maximum atomic E-state index is 12.3. The number of para-hydroxylation sites is 1. The molecule has 1 atom stereocenters. The molecule has 130 valence electrons. The van der Waals surface area contributed by atoms with Gasteiger partial charge in [0.2, 0.25) is 0 Å². The first-order chi connectivity index (χ1) is 11.9. The van der Waals surface area contributed by atoms with Crippen LogP contribution in [-0.4, -0.2) is 44.9 Å². The zero-order valence-electron chi connectivity index (χ0n) is 13.8. The SMILES string of the molecule is CC(C)C1(CNC(=O)c2cnn(-c3ccccc3)n2)NC(=O)NC1=O. The van der Waals surface area contributed by atoms with Crippen molar-refractivity contribution < 1.29 is 14.4 Å². The Bertz CT molecular complexity index is 816. The van der Waals surface area contributed by atoms with Crippen LogP contribution in [0.4, 0.5) is 4.79 Å². The first kappa shape index (κ1) is 16.6. The van der Waals surface area contributed by atoms with Crippen molar-refractivity contribution in [3.8, 4) is 5.69 Å². The van der Waals surface area contributed by atoms with Gasteiger partial charge in [0.25, 0.3) is 11.8 Å². The molecule has 9 heteroatoms. The van der Waals surface area contributed by atoms with Crippen molar-refractivity contribution in [3.63, 3.8) is 0 Å². The van der Waals surface area contributed by atoms with Crippen LogP contribution in [0.5, 0.6) is 0 Å². The van der Waals surface area contributed by atoms with E-state index < -0.39 is 23.4 Å². The van der Waals surface area contributed by atoms with Crippen molar-refractivity contribution in [2.75, 3.05) is 6.54 Å². The van der Waals surface area contributed by atoms with E-state index in [2.05, 4.69) is 26.1 Å². The van der Waals surface area contributed by atoms with Gasteiger partial charge in [-0.25, -0.2) is 4.79 Å². The highest BCUT2D eigenvalue weighted by Gasteiger charge is 2.48. The molecule has 1 aromatic heterocycles. The molecule has 1 unspecified atom stereocenters. The monoisotopic (exact) mass is 342 g/mol. The molecule has 4 amide bonds. The van der Waals surface area contributed by atoms with Gasteiger partial charge in [0, 0.05) is 0 Å². The Kier molecular flexibility index (Phi) is 4.22. The van der Waals surface area contributed by atoms with Crippen molar-refractivity contribution in [1.29, 1.82) is 0 Å². The van der Waals surface area contributed by atoms with Crippen LogP contribution in [-0.2, 0) is 4.79 Å². The number of imide groups is 1. The van der Waals surface area contributed by atoms with E-state index in [1.807, 2.05) is 30.3 Å². The first-order valence-corrected chi connectivity index (χ1v) is 7.82. The molecule has 2 aromatic rings. The van der Waals surface area contributed by atoms with Gasteiger partial charge < -0.3 is 10.6 Å². The molecule has 1 fully saturated rings. The molecule has 1 saturated heterocycles. The van der Waals surface area contributed by atoms with Gasteiger partial charge in [-0.05, 0) is 18.1 Å². The van der Waals surface area contributed by atoms with Crippen LogP contribution in [0.25, 0.3) is 5.69 Å². The third kappa shape index (κ3) is 3.08. The standard InChI is InChI=1S/C16H18N6O3/c1-10(2)16(14(24)19-15(25)20-16)9-17-13(23)12-8-18-22(21-12)11-6-4-3-5-7-11/h3-8,10H,9H2,1-2H3,(H,17,23)(H2,19,20,24,25). The number of carbonyl (C=O) groups is 3.